The van der Waals surface area contributed by atoms with Gasteiger partial charge in [0.1, 0.15) is 0 Å². The minimum atomic E-state index is -2.27. The van der Waals surface area contributed by atoms with Crippen LogP contribution in [0.1, 0.15) is 1.43 Å². The fraction of sp³-hybridized carbons (Fsp3) is 0.400. The summed E-state index contributed by atoms with van der Waals surface area (Å²) in [5.41, 5.74) is 0. The Kier molecular flexibility index (Phi) is 13.9. The molecule has 0 rings (SSSR count). The van der Waals surface area contributed by atoms with Crippen LogP contribution in [0.2, 0.25) is 0 Å². The molecule has 15 heavy (non-hydrogen) atoms. The zero-order valence-corrected chi connectivity index (χ0v) is 10.7. The summed E-state index contributed by atoms with van der Waals surface area (Å²) in [7, 11) is 0. The van der Waals surface area contributed by atoms with Gasteiger partial charge in [0.15, 0.2) is 12.2 Å². The van der Waals surface area contributed by atoms with Gasteiger partial charge in [0.05, 0.1) is 0 Å². The summed E-state index contributed by atoms with van der Waals surface area (Å²) >= 11 is 0. The van der Waals surface area contributed by atoms with E-state index in [1.165, 1.54) is 0 Å². The van der Waals surface area contributed by atoms with Gasteiger partial charge >= 0.3 is 69.5 Å². The molecule has 84 valence electrons. The van der Waals surface area contributed by atoms with Gasteiger partial charge in [-0.25, -0.2) is 14.4 Å². The second kappa shape index (κ2) is 10.3. The monoisotopic (exact) mass is 252 g/mol. The number of aliphatic carboxylic acids is 2. The maximum Gasteiger partial charge on any atom is 1.00 e. The van der Waals surface area contributed by atoms with Crippen molar-refractivity contribution in [3.63, 3.8) is 0 Å². The zero-order chi connectivity index (χ0) is 11.9. The van der Waals surface area contributed by atoms with Crippen LogP contribution in [0.3, 0.4) is 0 Å². The number of aliphatic hydroxyl groups excluding tert-OH is 2. The van der Waals surface area contributed by atoms with E-state index in [1.807, 2.05) is 0 Å². The Balaban J connectivity index is -0.000000105. The summed E-state index contributed by atoms with van der Waals surface area (Å²) in [6, 6.07) is 0. The third kappa shape index (κ3) is 13.8. The van der Waals surface area contributed by atoms with Crippen molar-refractivity contribution in [1.29, 1.82) is 0 Å². The van der Waals surface area contributed by atoms with Crippen LogP contribution >= 0.6 is 0 Å². The molecule has 0 aliphatic rings. The first-order valence-corrected chi connectivity index (χ1v) is 2.93. The predicted octanol–water partition coefficient (Wildman–Crippen LogP) is -4.78. The summed E-state index contributed by atoms with van der Waals surface area (Å²) in [5, 5.41) is 46.5. The van der Waals surface area contributed by atoms with Crippen molar-refractivity contribution in [3.05, 3.63) is 0 Å². The topological polar surface area (TPSA) is 173 Å². The molecule has 9 nitrogen and oxygen atoms in total. The first kappa shape index (κ1) is 20.2. The van der Waals surface area contributed by atoms with Gasteiger partial charge in [-0.15, -0.1) is 0 Å². The van der Waals surface area contributed by atoms with Crippen LogP contribution in [0.5, 0.6) is 0 Å². The van der Waals surface area contributed by atoms with E-state index in [0.717, 1.165) is 0 Å². The standard InChI is InChI=1S/C4H6O6.CH2O3.K.H/c5-1(3(7)8)2(6)4(9)10;2-1(3)4;;/h1-2,5-6H,(H,7,8)(H,9,10);(H2,2,3,4);;/q;;+1;-1. The van der Waals surface area contributed by atoms with Crippen LogP contribution in [0, 0.1) is 0 Å². The smallest absolute Gasteiger partial charge is 1.00 e. The van der Waals surface area contributed by atoms with Crippen molar-refractivity contribution in [2.75, 3.05) is 0 Å². The number of hydrogen-bond acceptors (Lipinski definition) is 5. The second-order valence-corrected chi connectivity index (χ2v) is 1.85. The molecule has 10 heteroatoms. The van der Waals surface area contributed by atoms with E-state index >= 15 is 0 Å². The predicted molar refractivity (Wildman–Crippen MR) is 39.1 cm³/mol. The normalized spacial score (nSPS) is 12.1. The summed E-state index contributed by atoms with van der Waals surface area (Å²) in [6.07, 6.45) is -6.37. The fourth-order valence-electron chi connectivity index (χ4n) is 0.270. The Morgan fingerprint density at radius 3 is 1.00 bits per heavy atom. The fourth-order valence-corrected chi connectivity index (χ4v) is 0.270. The number of carbonyl (C=O) groups is 3. The van der Waals surface area contributed by atoms with E-state index in [0.29, 0.717) is 0 Å². The molecule has 0 aromatic heterocycles. The third-order valence-electron chi connectivity index (χ3n) is 0.805. The number of carboxylic acids is 2. The van der Waals surface area contributed by atoms with E-state index in [4.69, 9.17) is 35.4 Å². The van der Waals surface area contributed by atoms with Crippen LogP contribution < -0.4 is 51.4 Å². The molecule has 0 saturated carbocycles. The minimum absolute atomic E-state index is 0. The van der Waals surface area contributed by atoms with Gasteiger partial charge in [0.25, 0.3) is 0 Å². The molecule has 0 aliphatic carbocycles. The quantitative estimate of drug-likeness (QED) is 0.269. The molecule has 0 heterocycles. The number of carboxylic acid groups (broad SMARTS) is 4. The molecule has 0 bridgehead atoms. The Bertz CT molecular complexity index is 210. The Hall–Kier alpha value is -0.234. The average Bonchev–Trinajstić information content (AvgIpc) is 2.00. The van der Waals surface area contributed by atoms with Gasteiger partial charge in [0.2, 0.25) is 0 Å². The molecule has 0 amide bonds. The van der Waals surface area contributed by atoms with E-state index in [-0.39, 0.29) is 52.8 Å². The molecular weight excluding hydrogens is 243 g/mol. The van der Waals surface area contributed by atoms with Crippen LogP contribution in [0.4, 0.5) is 4.79 Å². The molecule has 0 radical (unpaired) electrons. The number of aliphatic hydroxyl groups is 2. The SMILES string of the molecule is O=C(O)C(O)C(O)C(=O)O.O=C(O)O.[H-].[K+]. The minimum Gasteiger partial charge on any atom is -1.00 e. The largest absolute Gasteiger partial charge is 1.00 e. The first-order chi connectivity index (χ1) is 6.20. The molecule has 0 aromatic rings. The molecule has 0 aromatic carbocycles. The molecule has 6 N–H and O–H groups in total. The zero-order valence-electron chi connectivity index (χ0n) is 8.56. The van der Waals surface area contributed by atoms with Crippen LogP contribution in [0.25, 0.3) is 0 Å². The van der Waals surface area contributed by atoms with Gasteiger partial charge in [-0.3, -0.25) is 0 Å². The maximum atomic E-state index is 9.77. The van der Waals surface area contributed by atoms with Gasteiger partial charge in [-0.2, -0.15) is 0 Å². The molecule has 2 atom stereocenters. The van der Waals surface area contributed by atoms with Gasteiger partial charge in [-0.1, -0.05) is 0 Å². The van der Waals surface area contributed by atoms with Gasteiger partial charge < -0.3 is 32.1 Å². The number of rotatable bonds is 3. The van der Waals surface area contributed by atoms with Crippen molar-refractivity contribution in [2.24, 2.45) is 0 Å². The van der Waals surface area contributed by atoms with E-state index in [9.17, 15) is 9.59 Å². The van der Waals surface area contributed by atoms with Crippen LogP contribution in [-0.2, 0) is 9.59 Å². The molecule has 2 unspecified atom stereocenters. The average molecular weight is 252 g/mol. The van der Waals surface area contributed by atoms with Crippen molar-refractivity contribution in [1.82, 2.24) is 0 Å². The van der Waals surface area contributed by atoms with Crippen molar-refractivity contribution < 1.29 is 97.8 Å². The molecule has 0 fully saturated rings. The van der Waals surface area contributed by atoms with Crippen molar-refractivity contribution in [2.45, 2.75) is 12.2 Å². The molecule has 0 aliphatic heterocycles. The summed E-state index contributed by atoms with van der Waals surface area (Å²) in [4.78, 5) is 28.1. The molecule has 0 spiro atoms. The van der Waals surface area contributed by atoms with Crippen molar-refractivity contribution >= 4 is 18.1 Å². The number of hydrogen-bond donors (Lipinski definition) is 6. The third-order valence-corrected chi connectivity index (χ3v) is 0.805. The second-order valence-electron chi connectivity index (χ2n) is 1.85. The Morgan fingerprint density at radius 2 is 0.933 bits per heavy atom. The van der Waals surface area contributed by atoms with Gasteiger partial charge in [0, 0.05) is 0 Å². The molecular formula is C5H9KO9. The van der Waals surface area contributed by atoms with E-state index < -0.39 is 30.3 Å². The van der Waals surface area contributed by atoms with Crippen LogP contribution in [-0.4, -0.2) is 60.9 Å². The molecule has 0 saturated heterocycles. The first-order valence-electron chi connectivity index (χ1n) is 2.93. The van der Waals surface area contributed by atoms with Gasteiger partial charge in [-0.05, 0) is 0 Å². The van der Waals surface area contributed by atoms with Crippen molar-refractivity contribution in [3.8, 4) is 0 Å². The van der Waals surface area contributed by atoms with E-state index in [1.54, 1.807) is 0 Å². The Labute approximate surface area is 127 Å². The summed E-state index contributed by atoms with van der Waals surface area (Å²) in [5.74, 6) is -3.54. The summed E-state index contributed by atoms with van der Waals surface area (Å²) in [6.45, 7) is 0. The van der Waals surface area contributed by atoms with E-state index in [2.05, 4.69) is 0 Å². The summed E-state index contributed by atoms with van der Waals surface area (Å²) < 4.78 is 0. The Morgan fingerprint density at radius 1 is 0.800 bits per heavy atom. The van der Waals surface area contributed by atoms with Crippen LogP contribution in [0.15, 0.2) is 0 Å². The maximum absolute atomic E-state index is 9.77.